The van der Waals surface area contributed by atoms with E-state index in [4.69, 9.17) is 23.2 Å². The predicted molar refractivity (Wildman–Crippen MR) is 136 cm³/mol. The maximum atomic E-state index is 6.42. The second-order valence-electron chi connectivity index (χ2n) is 7.84. The van der Waals surface area contributed by atoms with E-state index in [-0.39, 0.29) is 12.4 Å². The number of benzene rings is 3. The summed E-state index contributed by atoms with van der Waals surface area (Å²) in [6, 6.07) is 25.4. The van der Waals surface area contributed by atoms with Gasteiger partial charge in [0, 0.05) is 46.3 Å². The fourth-order valence-electron chi connectivity index (χ4n) is 3.84. The van der Waals surface area contributed by atoms with E-state index in [1.165, 1.54) is 22.0 Å². The van der Waals surface area contributed by atoms with Crippen molar-refractivity contribution in [2.75, 3.05) is 0 Å². The summed E-state index contributed by atoms with van der Waals surface area (Å²) in [5.74, 6) is 0. The van der Waals surface area contributed by atoms with Crippen molar-refractivity contribution in [3.05, 3.63) is 106 Å². The van der Waals surface area contributed by atoms with Gasteiger partial charge in [-0.25, -0.2) is 0 Å². The number of aryl methyl sites for hydroxylation is 1. The minimum absolute atomic E-state index is 0. The molecule has 0 aliphatic heterocycles. The van der Waals surface area contributed by atoms with Crippen LogP contribution in [0.3, 0.4) is 0 Å². The molecule has 0 bridgehead atoms. The first kappa shape index (κ1) is 23.7. The smallest absolute Gasteiger partial charge is 0.0491 e. The van der Waals surface area contributed by atoms with Gasteiger partial charge in [0.05, 0.1) is 0 Å². The van der Waals surface area contributed by atoms with Crippen molar-refractivity contribution in [3.8, 4) is 0 Å². The van der Waals surface area contributed by atoms with Crippen LogP contribution in [0, 0.1) is 0 Å². The van der Waals surface area contributed by atoms with Crippen LogP contribution in [-0.4, -0.2) is 10.6 Å². The number of hydrogen-bond acceptors (Lipinski definition) is 1. The molecule has 1 heterocycles. The number of fused-ring (bicyclic) bond motifs is 1. The van der Waals surface area contributed by atoms with E-state index in [1.807, 2.05) is 12.1 Å². The summed E-state index contributed by atoms with van der Waals surface area (Å²) in [4.78, 5) is 0. The van der Waals surface area contributed by atoms with Crippen LogP contribution in [0.15, 0.2) is 79.0 Å². The Bertz CT molecular complexity index is 1120. The van der Waals surface area contributed by atoms with Crippen LogP contribution in [-0.2, 0) is 19.5 Å². The molecule has 5 heteroatoms. The molecule has 0 aliphatic rings. The lowest BCUT2D eigenvalue weighted by molar-refractivity contribution is 0.514. The summed E-state index contributed by atoms with van der Waals surface area (Å²) in [6.45, 7) is 3.83. The van der Waals surface area contributed by atoms with Crippen molar-refractivity contribution in [1.82, 2.24) is 9.88 Å². The van der Waals surface area contributed by atoms with Gasteiger partial charge in [0.1, 0.15) is 0 Å². The molecule has 1 atom stereocenters. The van der Waals surface area contributed by atoms with Crippen molar-refractivity contribution in [3.63, 3.8) is 0 Å². The molecule has 3 aromatic carbocycles. The Kier molecular flexibility index (Phi) is 8.45. The van der Waals surface area contributed by atoms with Gasteiger partial charge in [-0.3, -0.25) is 0 Å². The van der Waals surface area contributed by atoms with E-state index < -0.39 is 0 Å². The number of rotatable bonds is 8. The molecule has 4 aromatic rings. The lowest BCUT2D eigenvalue weighted by atomic mass is 10.1. The highest BCUT2D eigenvalue weighted by Gasteiger charge is 2.11. The topological polar surface area (TPSA) is 17.0 Å². The SMILES string of the molecule is CC(CCc1ccccc1)NCc1cn(Cc2ccc(Cl)cc2Cl)c2ccccc12.Cl. The van der Waals surface area contributed by atoms with Gasteiger partial charge in [0.15, 0.2) is 0 Å². The van der Waals surface area contributed by atoms with Crippen LogP contribution < -0.4 is 5.32 Å². The van der Waals surface area contributed by atoms with Crippen LogP contribution in [0.4, 0.5) is 0 Å². The minimum atomic E-state index is 0. The second-order valence-corrected chi connectivity index (χ2v) is 8.68. The fourth-order valence-corrected chi connectivity index (χ4v) is 4.31. The molecule has 0 fully saturated rings. The normalized spacial score (nSPS) is 12.0. The van der Waals surface area contributed by atoms with Gasteiger partial charge in [-0.2, -0.15) is 0 Å². The zero-order valence-corrected chi connectivity index (χ0v) is 19.9. The maximum Gasteiger partial charge on any atom is 0.0491 e. The molecule has 0 spiro atoms. The summed E-state index contributed by atoms with van der Waals surface area (Å²) in [5, 5.41) is 6.35. The molecular formula is C26H27Cl3N2. The maximum absolute atomic E-state index is 6.42. The molecule has 0 aliphatic carbocycles. The van der Waals surface area contributed by atoms with Gasteiger partial charge in [0.2, 0.25) is 0 Å². The lowest BCUT2D eigenvalue weighted by Crippen LogP contribution is -2.25. The summed E-state index contributed by atoms with van der Waals surface area (Å²) in [7, 11) is 0. The third-order valence-corrected chi connectivity index (χ3v) is 6.16. The first-order chi connectivity index (χ1) is 14.6. The third-order valence-electron chi connectivity index (χ3n) is 5.58. The van der Waals surface area contributed by atoms with Crippen LogP contribution in [0.1, 0.15) is 30.0 Å². The number of hydrogen-bond donors (Lipinski definition) is 1. The Morgan fingerprint density at radius 3 is 2.42 bits per heavy atom. The standard InChI is InChI=1S/C26H26Cl2N2.ClH/c1-19(11-12-20-7-3-2-4-8-20)29-16-22-18-30(26-10-6-5-9-24(22)26)17-21-13-14-23(27)15-25(21)28;/h2-10,13-15,18-19,29H,11-12,16-17H2,1H3;1H. The Morgan fingerprint density at radius 2 is 1.65 bits per heavy atom. The van der Waals surface area contributed by atoms with Crippen LogP contribution >= 0.6 is 35.6 Å². The Hall–Kier alpha value is -1.97. The van der Waals surface area contributed by atoms with Crippen LogP contribution in [0.25, 0.3) is 10.9 Å². The zero-order chi connectivity index (χ0) is 20.9. The molecule has 1 aromatic heterocycles. The molecule has 0 saturated heterocycles. The Balaban J connectivity index is 0.00000272. The number of para-hydroxylation sites is 1. The summed E-state index contributed by atoms with van der Waals surface area (Å²) >= 11 is 12.5. The fraction of sp³-hybridized carbons (Fsp3) is 0.231. The Labute approximate surface area is 200 Å². The van der Waals surface area contributed by atoms with E-state index in [9.17, 15) is 0 Å². The number of halogens is 3. The molecule has 162 valence electrons. The van der Waals surface area contributed by atoms with Gasteiger partial charge < -0.3 is 9.88 Å². The predicted octanol–water partition coefficient (Wildman–Crippen LogP) is 7.53. The van der Waals surface area contributed by atoms with Crippen molar-refractivity contribution in [2.45, 2.75) is 38.9 Å². The molecule has 1 N–H and O–H groups in total. The Morgan fingerprint density at radius 1 is 0.903 bits per heavy atom. The molecule has 1 unspecified atom stereocenters. The van der Waals surface area contributed by atoms with E-state index in [2.05, 4.69) is 77.6 Å². The molecule has 0 amide bonds. The highest BCUT2D eigenvalue weighted by molar-refractivity contribution is 6.35. The zero-order valence-electron chi connectivity index (χ0n) is 17.5. The van der Waals surface area contributed by atoms with Gasteiger partial charge >= 0.3 is 0 Å². The van der Waals surface area contributed by atoms with E-state index in [0.717, 1.165) is 31.5 Å². The van der Waals surface area contributed by atoms with Crippen molar-refractivity contribution < 1.29 is 0 Å². The monoisotopic (exact) mass is 472 g/mol. The number of nitrogens with zero attached hydrogens (tertiary/aromatic N) is 1. The average molecular weight is 474 g/mol. The molecule has 0 radical (unpaired) electrons. The van der Waals surface area contributed by atoms with Crippen LogP contribution in [0.5, 0.6) is 0 Å². The molecule has 0 saturated carbocycles. The van der Waals surface area contributed by atoms with Gasteiger partial charge in [-0.05, 0) is 54.7 Å². The first-order valence-electron chi connectivity index (χ1n) is 10.4. The van der Waals surface area contributed by atoms with Gasteiger partial charge in [-0.15, -0.1) is 12.4 Å². The molecule has 31 heavy (non-hydrogen) atoms. The average Bonchev–Trinajstić information content (AvgIpc) is 3.11. The third kappa shape index (κ3) is 6.05. The number of aromatic nitrogens is 1. The summed E-state index contributed by atoms with van der Waals surface area (Å²) < 4.78 is 2.27. The van der Waals surface area contributed by atoms with Crippen molar-refractivity contribution >= 4 is 46.5 Å². The van der Waals surface area contributed by atoms with E-state index in [0.29, 0.717) is 16.1 Å². The second kappa shape index (κ2) is 11.1. The van der Waals surface area contributed by atoms with Crippen molar-refractivity contribution in [2.24, 2.45) is 0 Å². The lowest BCUT2D eigenvalue weighted by Gasteiger charge is -2.13. The van der Waals surface area contributed by atoms with E-state index in [1.54, 1.807) is 6.07 Å². The highest BCUT2D eigenvalue weighted by atomic mass is 35.5. The van der Waals surface area contributed by atoms with Crippen molar-refractivity contribution in [1.29, 1.82) is 0 Å². The van der Waals surface area contributed by atoms with E-state index >= 15 is 0 Å². The number of nitrogens with one attached hydrogen (secondary N) is 1. The quantitative estimate of drug-likeness (QED) is 0.280. The minimum Gasteiger partial charge on any atom is -0.343 e. The van der Waals surface area contributed by atoms with Gasteiger partial charge in [-0.1, -0.05) is 77.8 Å². The molecular weight excluding hydrogens is 447 g/mol. The highest BCUT2D eigenvalue weighted by Crippen LogP contribution is 2.26. The summed E-state index contributed by atoms with van der Waals surface area (Å²) in [6.07, 6.45) is 4.45. The summed E-state index contributed by atoms with van der Waals surface area (Å²) in [5.41, 5.74) is 4.99. The molecule has 2 nitrogen and oxygen atoms in total. The molecule has 4 rings (SSSR count). The van der Waals surface area contributed by atoms with Crippen LogP contribution in [0.2, 0.25) is 10.0 Å². The van der Waals surface area contributed by atoms with Gasteiger partial charge in [0.25, 0.3) is 0 Å². The largest absolute Gasteiger partial charge is 0.343 e. The first-order valence-corrected chi connectivity index (χ1v) is 11.1.